The van der Waals surface area contributed by atoms with Gasteiger partial charge in [0, 0.05) is 20.5 Å². The van der Waals surface area contributed by atoms with Gasteiger partial charge < -0.3 is 15.1 Å². The lowest BCUT2D eigenvalue weighted by atomic mass is 10.1. The van der Waals surface area contributed by atoms with Gasteiger partial charge in [0.1, 0.15) is 0 Å². The number of benzene rings is 2. The van der Waals surface area contributed by atoms with Gasteiger partial charge >= 0.3 is 0 Å². The highest BCUT2D eigenvalue weighted by Gasteiger charge is 2.13. The lowest BCUT2D eigenvalue weighted by Crippen LogP contribution is -2.15. The first-order chi connectivity index (χ1) is 12.0. The molecule has 5 nitrogen and oxygen atoms in total. The van der Waals surface area contributed by atoms with E-state index in [0.29, 0.717) is 16.9 Å². The smallest absolute Gasteiger partial charge is 0.291 e. The molecule has 2 aromatic carbocycles. The van der Waals surface area contributed by atoms with Crippen molar-refractivity contribution in [3.8, 4) is 0 Å². The van der Waals surface area contributed by atoms with Crippen LogP contribution in [0.4, 0.5) is 11.4 Å². The van der Waals surface area contributed by atoms with E-state index in [-0.39, 0.29) is 17.6 Å². The van der Waals surface area contributed by atoms with Crippen molar-refractivity contribution in [1.29, 1.82) is 0 Å². The number of carbonyl (C=O) groups excluding carboxylic acids is 2. The Balaban J connectivity index is 1.77. The molecule has 0 unspecified atom stereocenters. The first-order valence-electron chi connectivity index (χ1n) is 7.55. The van der Waals surface area contributed by atoms with E-state index in [4.69, 9.17) is 4.42 Å². The summed E-state index contributed by atoms with van der Waals surface area (Å²) in [6, 6.07) is 15.9. The average Bonchev–Trinajstić information content (AvgIpc) is 3.13. The standard InChI is InChI=1S/C19H15IN2O3/c1-12-4-5-13(18(23)21-15-8-6-14(20)7-9-15)11-16(12)22-19(24)17-3-2-10-25-17/h2-11H,1H3,(H,21,23)(H,22,24). The van der Waals surface area contributed by atoms with Crippen LogP contribution >= 0.6 is 22.6 Å². The molecule has 25 heavy (non-hydrogen) atoms. The van der Waals surface area contributed by atoms with Crippen LogP contribution in [0.15, 0.2) is 65.3 Å². The molecular formula is C19H15IN2O3. The van der Waals surface area contributed by atoms with Crippen LogP contribution < -0.4 is 10.6 Å². The minimum Gasteiger partial charge on any atom is -0.459 e. The third-order valence-corrected chi connectivity index (χ3v) is 4.31. The Kier molecular flexibility index (Phi) is 5.18. The van der Waals surface area contributed by atoms with E-state index < -0.39 is 0 Å². The van der Waals surface area contributed by atoms with Crippen molar-refractivity contribution in [1.82, 2.24) is 0 Å². The largest absolute Gasteiger partial charge is 0.459 e. The van der Waals surface area contributed by atoms with Gasteiger partial charge in [0.05, 0.1) is 6.26 Å². The molecule has 2 N–H and O–H groups in total. The minimum absolute atomic E-state index is 0.216. The minimum atomic E-state index is -0.358. The van der Waals surface area contributed by atoms with Crippen molar-refractivity contribution < 1.29 is 14.0 Å². The van der Waals surface area contributed by atoms with Crippen LogP contribution in [0.25, 0.3) is 0 Å². The predicted octanol–water partition coefficient (Wildman–Crippen LogP) is 4.70. The van der Waals surface area contributed by atoms with E-state index in [1.54, 1.807) is 30.3 Å². The first-order valence-corrected chi connectivity index (χ1v) is 8.63. The number of aryl methyl sites for hydroxylation is 1. The molecule has 2 amide bonds. The molecule has 6 heteroatoms. The molecule has 1 heterocycles. The quantitative estimate of drug-likeness (QED) is 0.571. The normalized spacial score (nSPS) is 10.3. The summed E-state index contributed by atoms with van der Waals surface area (Å²) in [5.74, 6) is -0.383. The Hall–Kier alpha value is -2.61. The number of halogens is 1. The van der Waals surface area contributed by atoms with Crippen LogP contribution in [0.3, 0.4) is 0 Å². The Labute approximate surface area is 158 Å². The van der Waals surface area contributed by atoms with Crippen molar-refractivity contribution in [3.63, 3.8) is 0 Å². The highest BCUT2D eigenvalue weighted by molar-refractivity contribution is 14.1. The zero-order valence-corrected chi connectivity index (χ0v) is 15.5. The van der Waals surface area contributed by atoms with Crippen LogP contribution in [0, 0.1) is 10.5 Å². The summed E-state index contributed by atoms with van der Waals surface area (Å²) in [6.07, 6.45) is 1.44. The summed E-state index contributed by atoms with van der Waals surface area (Å²) < 4.78 is 6.17. The van der Waals surface area contributed by atoms with Gasteiger partial charge in [0.25, 0.3) is 11.8 Å². The highest BCUT2D eigenvalue weighted by Crippen LogP contribution is 2.20. The van der Waals surface area contributed by atoms with Crippen LogP contribution in [0.2, 0.25) is 0 Å². The van der Waals surface area contributed by atoms with E-state index >= 15 is 0 Å². The van der Waals surface area contributed by atoms with E-state index in [1.807, 2.05) is 31.2 Å². The number of rotatable bonds is 4. The number of hydrogen-bond donors (Lipinski definition) is 2. The number of anilines is 2. The Morgan fingerprint density at radius 2 is 1.72 bits per heavy atom. The summed E-state index contributed by atoms with van der Waals surface area (Å²) in [5.41, 5.74) is 2.59. The maximum atomic E-state index is 12.4. The summed E-state index contributed by atoms with van der Waals surface area (Å²) in [5, 5.41) is 5.61. The third-order valence-electron chi connectivity index (χ3n) is 3.60. The molecular weight excluding hydrogens is 431 g/mol. The monoisotopic (exact) mass is 446 g/mol. The maximum absolute atomic E-state index is 12.4. The summed E-state index contributed by atoms with van der Waals surface area (Å²) >= 11 is 2.20. The van der Waals surface area contributed by atoms with Crippen LogP contribution in [-0.2, 0) is 0 Å². The predicted molar refractivity (Wildman–Crippen MR) is 105 cm³/mol. The molecule has 0 aliphatic rings. The zero-order chi connectivity index (χ0) is 17.8. The molecule has 126 valence electrons. The second kappa shape index (κ2) is 7.52. The Morgan fingerprint density at radius 1 is 0.960 bits per heavy atom. The van der Waals surface area contributed by atoms with Gasteiger partial charge in [-0.25, -0.2) is 0 Å². The third kappa shape index (κ3) is 4.27. The van der Waals surface area contributed by atoms with Gasteiger partial charge in [-0.15, -0.1) is 0 Å². The fraction of sp³-hybridized carbons (Fsp3) is 0.0526. The lowest BCUT2D eigenvalue weighted by Gasteiger charge is -2.10. The van der Waals surface area contributed by atoms with Gasteiger partial charge in [-0.1, -0.05) is 6.07 Å². The van der Waals surface area contributed by atoms with Crippen LogP contribution in [0.1, 0.15) is 26.5 Å². The van der Waals surface area contributed by atoms with Crippen LogP contribution in [-0.4, -0.2) is 11.8 Å². The summed E-state index contributed by atoms with van der Waals surface area (Å²) in [6.45, 7) is 1.86. The van der Waals surface area contributed by atoms with Gasteiger partial charge in [-0.3, -0.25) is 9.59 Å². The Bertz CT molecular complexity index is 903. The van der Waals surface area contributed by atoms with Gasteiger partial charge in [0.2, 0.25) is 0 Å². The molecule has 0 aliphatic carbocycles. The number of hydrogen-bond acceptors (Lipinski definition) is 3. The maximum Gasteiger partial charge on any atom is 0.291 e. The molecule has 0 fully saturated rings. The van der Waals surface area contributed by atoms with Crippen molar-refractivity contribution in [2.75, 3.05) is 10.6 Å². The van der Waals surface area contributed by atoms with Gasteiger partial charge in [-0.2, -0.15) is 0 Å². The van der Waals surface area contributed by atoms with E-state index in [0.717, 1.165) is 9.13 Å². The second-order valence-corrected chi connectivity index (χ2v) is 6.67. The SMILES string of the molecule is Cc1ccc(C(=O)Nc2ccc(I)cc2)cc1NC(=O)c1ccco1. The lowest BCUT2D eigenvalue weighted by molar-refractivity contribution is 0.0993. The van der Waals surface area contributed by atoms with Gasteiger partial charge in [0.15, 0.2) is 5.76 Å². The number of nitrogens with one attached hydrogen (secondary N) is 2. The molecule has 3 aromatic rings. The fourth-order valence-corrected chi connectivity index (χ4v) is 2.59. The van der Waals surface area contributed by atoms with E-state index in [9.17, 15) is 9.59 Å². The van der Waals surface area contributed by atoms with Crippen LogP contribution in [0.5, 0.6) is 0 Å². The van der Waals surface area contributed by atoms with Crippen molar-refractivity contribution >= 4 is 45.8 Å². The average molecular weight is 446 g/mol. The zero-order valence-electron chi connectivity index (χ0n) is 13.4. The fourth-order valence-electron chi connectivity index (χ4n) is 2.23. The highest BCUT2D eigenvalue weighted by atomic mass is 127. The van der Waals surface area contributed by atoms with E-state index in [1.165, 1.54) is 6.26 Å². The van der Waals surface area contributed by atoms with Crippen molar-refractivity contribution in [3.05, 3.63) is 81.3 Å². The topological polar surface area (TPSA) is 71.3 Å². The summed E-state index contributed by atoms with van der Waals surface area (Å²) in [7, 11) is 0. The van der Waals surface area contributed by atoms with Crippen molar-refractivity contribution in [2.24, 2.45) is 0 Å². The van der Waals surface area contributed by atoms with Gasteiger partial charge in [-0.05, 0) is 83.6 Å². The molecule has 0 bridgehead atoms. The molecule has 0 saturated carbocycles. The van der Waals surface area contributed by atoms with E-state index in [2.05, 4.69) is 33.2 Å². The molecule has 0 radical (unpaired) electrons. The Morgan fingerprint density at radius 3 is 2.40 bits per heavy atom. The molecule has 0 atom stereocenters. The second-order valence-electron chi connectivity index (χ2n) is 5.42. The number of carbonyl (C=O) groups is 2. The molecule has 0 saturated heterocycles. The molecule has 1 aromatic heterocycles. The summed E-state index contributed by atoms with van der Waals surface area (Å²) in [4.78, 5) is 24.6. The first kappa shape index (κ1) is 17.2. The number of amides is 2. The van der Waals surface area contributed by atoms with Crippen molar-refractivity contribution in [2.45, 2.75) is 6.92 Å². The molecule has 0 spiro atoms. The molecule has 3 rings (SSSR count). The number of furan rings is 1. The molecule has 0 aliphatic heterocycles.